The molecule has 20 heavy (non-hydrogen) atoms. The number of aromatic nitrogens is 1. The van der Waals surface area contributed by atoms with Crippen molar-refractivity contribution >= 4 is 11.7 Å². The molecule has 1 heterocycles. The molecular formula is C13H13N3O4. The number of nitrogens with zero attached hydrogens (tertiary/aromatic N) is 2. The lowest BCUT2D eigenvalue weighted by molar-refractivity contribution is -0.384. The van der Waals surface area contributed by atoms with Gasteiger partial charge in [-0.1, -0.05) is 0 Å². The first-order valence-electron chi connectivity index (χ1n) is 5.88. The Morgan fingerprint density at radius 3 is 2.55 bits per heavy atom. The van der Waals surface area contributed by atoms with Crippen molar-refractivity contribution in [3.8, 4) is 5.69 Å². The third kappa shape index (κ3) is 2.83. The van der Waals surface area contributed by atoms with E-state index in [2.05, 4.69) is 0 Å². The van der Waals surface area contributed by atoms with Gasteiger partial charge >= 0.3 is 5.97 Å². The highest BCUT2D eigenvalue weighted by Gasteiger charge is 2.15. The van der Waals surface area contributed by atoms with Crippen LogP contribution in [0.1, 0.15) is 18.2 Å². The molecule has 1 aromatic carbocycles. The van der Waals surface area contributed by atoms with Gasteiger partial charge in [0, 0.05) is 29.7 Å². The van der Waals surface area contributed by atoms with E-state index in [1.165, 1.54) is 12.1 Å². The second-order valence-corrected chi connectivity index (χ2v) is 4.28. The average Bonchev–Trinajstić information content (AvgIpc) is 2.87. The summed E-state index contributed by atoms with van der Waals surface area (Å²) in [6, 6.07) is 8.80. The highest BCUT2D eigenvalue weighted by atomic mass is 16.6. The van der Waals surface area contributed by atoms with Crippen LogP contribution in [0.2, 0.25) is 0 Å². The van der Waals surface area contributed by atoms with E-state index in [1.54, 1.807) is 35.0 Å². The molecule has 3 N–H and O–H groups in total. The molecule has 0 saturated carbocycles. The number of carbonyl (C=O) groups is 1. The number of nitro benzene ring substituents is 1. The second kappa shape index (κ2) is 5.54. The third-order valence-electron chi connectivity index (χ3n) is 2.89. The van der Waals surface area contributed by atoms with Gasteiger partial charge in [0.15, 0.2) is 0 Å². The summed E-state index contributed by atoms with van der Waals surface area (Å²) in [7, 11) is 0. The van der Waals surface area contributed by atoms with Crippen LogP contribution in [-0.2, 0) is 4.79 Å². The monoisotopic (exact) mass is 275 g/mol. The number of non-ortho nitro benzene ring substituents is 1. The van der Waals surface area contributed by atoms with Gasteiger partial charge in [0.25, 0.3) is 5.69 Å². The lowest BCUT2D eigenvalue weighted by atomic mass is 10.1. The van der Waals surface area contributed by atoms with E-state index in [0.29, 0.717) is 11.4 Å². The molecule has 0 spiro atoms. The number of hydrogen-bond donors (Lipinski definition) is 2. The molecule has 104 valence electrons. The first-order chi connectivity index (χ1) is 9.49. The van der Waals surface area contributed by atoms with E-state index in [4.69, 9.17) is 10.8 Å². The van der Waals surface area contributed by atoms with E-state index < -0.39 is 16.9 Å². The van der Waals surface area contributed by atoms with Crippen LogP contribution in [0.15, 0.2) is 42.6 Å². The van der Waals surface area contributed by atoms with Gasteiger partial charge in [-0.15, -0.1) is 0 Å². The number of carboxylic acids is 1. The van der Waals surface area contributed by atoms with Crippen LogP contribution in [0.5, 0.6) is 0 Å². The molecule has 7 nitrogen and oxygen atoms in total. The predicted octanol–water partition coefficient (Wildman–Crippen LogP) is 1.86. The van der Waals surface area contributed by atoms with Gasteiger partial charge in [-0.25, -0.2) is 0 Å². The van der Waals surface area contributed by atoms with Crippen molar-refractivity contribution < 1.29 is 14.8 Å². The zero-order chi connectivity index (χ0) is 14.7. The minimum atomic E-state index is -0.978. The molecule has 0 saturated heterocycles. The van der Waals surface area contributed by atoms with E-state index in [-0.39, 0.29) is 12.1 Å². The van der Waals surface area contributed by atoms with Crippen molar-refractivity contribution in [2.24, 2.45) is 5.73 Å². The summed E-state index contributed by atoms with van der Waals surface area (Å²) in [5.41, 5.74) is 7.18. The molecular weight excluding hydrogens is 262 g/mol. The van der Waals surface area contributed by atoms with Crippen molar-refractivity contribution in [2.45, 2.75) is 12.5 Å². The molecule has 0 amide bonds. The number of rotatable bonds is 5. The van der Waals surface area contributed by atoms with Crippen molar-refractivity contribution in [1.29, 1.82) is 0 Å². The first-order valence-corrected chi connectivity index (χ1v) is 5.88. The van der Waals surface area contributed by atoms with Crippen molar-refractivity contribution in [3.63, 3.8) is 0 Å². The number of aliphatic carboxylic acids is 1. The number of nitro groups is 1. The van der Waals surface area contributed by atoms with Crippen LogP contribution in [0.3, 0.4) is 0 Å². The minimum absolute atomic E-state index is 0.00251. The largest absolute Gasteiger partial charge is 0.481 e. The SMILES string of the molecule is N[C@@H](CC(=O)O)c1cccn1-c1ccc([N+](=O)[O-])cc1. The zero-order valence-corrected chi connectivity index (χ0v) is 10.5. The van der Waals surface area contributed by atoms with Gasteiger partial charge in [0.2, 0.25) is 0 Å². The van der Waals surface area contributed by atoms with Crippen LogP contribution in [0.25, 0.3) is 5.69 Å². The van der Waals surface area contributed by atoms with Gasteiger partial charge < -0.3 is 15.4 Å². The fraction of sp³-hybridized carbons (Fsp3) is 0.154. The summed E-state index contributed by atoms with van der Waals surface area (Å²) in [4.78, 5) is 20.8. The molecule has 0 aliphatic carbocycles. The summed E-state index contributed by atoms with van der Waals surface area (Å²) < 4.78 is 1.72. The summed E-state index contributed by atoms with van der Waals surface area (Å²) in [6.45, 7) is 0. The lowest BCUT2D eigenvalue weighted by Gasteiger charge is -2.14. The molecule has 7 heteroatoms. The molecule has 1 atom stereocenters. The number of hydrogen-bond acceptors (Lipinski definition) is 4. The van der Waals surface area contributed by atoms with Gasteiger partial charge in [-0.05, 0) is 24.3 Å². The highest BCUT2D eigenvalue weighted by molar-refractivity contribution is 5.67. The van der Waals surface area contributed by atoms with Gasteiger partial charge in [-0.3, -0.25) is 14.9 Å². The Morgan fingerprint density at radius 2 is 2.00 bits per heavy atom. The molecule has 0 aliphatic heterocycles. The Bertz CT molecular complexity index is 633. The van der Waals surface area contributed by atoms with Crippen LogP contribution in [0.4, 0.5) is 5.69 Å². The van der Waals surface area contributed by atoms with Crippen LogP contribution in [0, 0.1) is 10.1 Å². The maximum atomic E-state index is 10.7. The fourth-order valence-corrected chi connectivity index (χ4v) is 1.96. The quantitative estimate of drug-likeness (QED) is 0.639. The molecule has 0 bridgehead atoms. The fourth-order valence-electron chi connectivity index (χ4n) is 1.96. The molecule has 0 radical (unpaired) electrons. The summed E-state index contributed by atoms with van der Waals surface area (Å²) in [6.07, 6.45) is 1.55. The Kier molecular flexibility index (Phi) is 3.81. The Labute approximate surface area is 114 Å². The molecule has 0 aliphatic rings. The standard InChI is InChI=1S/C13H13N3O4/c14-11(8-13(17)18)12-2-1-7-15(12)9-3-5-10(6-4-9)16(19)20/h1-7,11H,8,14H2,(H,17,18)/t11-/m0/s1. The maximum absolute atomic E-state index is 10.7. The maximum Gasteiger partial charge on any atom is 0.305 e. The van der Waals surface area contributed by atoms with E-state index in [1.807, 2.05) is 0 Å². The number of nitrogens with two attached hydrogens (primary N) is 1. The number of carboxylic acid groups (broad SMARTS) is 1. The lowest BCUT2D eigenvalue weighted by Crippen LogP contribution is -2.18. The Balaban J connectivity index is 2.31. The Hall–Kier alpha value is -2.67. The summed E-state index contributed by atoms with van der Waals surface area (Å²) >= 11 is 0. The summed E-state index contributed by atoms with van der Waals surface area (Å²) in [5, 5.41) is 19.4. The average molecular weight is 275 g/mol. The molecule has 0 fully saturated rings. The highest BCUT2D eigenvalue weighted by Crippen LogP contribution is 2.21. The van der Waals surface area contributed by atoms with Gasteiger partial charge in [-0.2, -0.15) is 0 Å². The van der Waals surface area contributed by atoms with Crippen LogP contribution >= 0.6 is 0 Å². The molecule has 2 rings (SSSR count). The minimum Gasteiger partial charge on any atom is -0.481 e. The van der Waals surface area contributed by atoms with Crippen molar-refractivity contribution in [3.05, 3.63) is 58.4 Å². The molecule has 1 aromatic heterocycles. The zero-order valence-electron chi connectivity index (χ0n) is 10.5. The van der Waals surface area contributed by atoms with Crippen molar-refractivity contribution in [1.82, 2.24) is 4.57 Å². The van der Waals surface area contributed by atoms with E-state index >= 15 is 0 Å². The van der Waals surface area contributed by atoms with Gasteiger partial charge in [0.05, 0.1) is 17.4 Å². The number of benzene rings is 1. The van der Waals surface area contributed by atoms with E-state index in [9.17, 15) is 14.9 Å². The van der Waals surface area contributed by atoms with Crippen LogP contribution < -0.4 is 5.73 Å². The van der Waals surface area contributed by atoms with Crippen molar-refractivity contribution in [2.75, 3.05) is 0 Å². The smallest absolute Gasteiger partial charge is 0.305 e. The van der Waals surface area contributed by atoms with E-state index in [0.717, 1.165) is 0 Å². The van der Waals surface area contributed by atoms with Gasteiger partial charge in [0.1, 0.15) is 0 Å². The topological polar surface area (TPSA) is 111 Å². The third-order valence-corrected chi connectivity index (χ3v) is 2.89. The normalized spacial score (nSPS) is 12.1. The Morgan fingerprint density at radius 1 is 1.35 bits per heavy atom. The van der Waals surface area contributed by atoms with Crippen LogP contribution in [-0.4, -0.2) is 20.6 Å². The second-order valence-electron chi connectivity index (χ2n) is 4.28. The summed E-state index contributed by atoms with van der Waals surface area (Å²) in [5.74, 6) is -0.978. The molecule has 0 unspecified atom stereocenters. The molecule has 2 aromatic rings. The first kappa shape index (κ1) is 13.8. The predicted molar refractivity (Wildman–Crippen MR) is 71.6 cm³/mol.